The van der Waals surface area contributed by atoms with E-state index in [4.69, 9.17) is 14.5 Å². The molecule has 0 aliphatic heterocycles. The topological polar surface area (TPSA) is 44.8 Å². The van der Waals surface area contributed by atoms with Gasteiger partial charge in [-0.2, -0.15) is 0 Å². The normalized spacial score (nSPS) is 28.0. The highest BCUT2D eigenvalue weighted by molar-refractivity contribution is 5.80. The van der Waals surface area contributed by atoms with Crippen LogP contribution in [0, 0.1) is 17.3 Å². The van der Waals surface area contributed by atoms with Crippen LogP contribution in [0.4, 0.5) is 0 Å². The number of ether oxygens (including phenoxy) is 1. The Labute approximate surface area is 160 Å². The van der Waals surface area contributed by atoms with E-state index in [2.05, 4.69) is 20.8 Å². The summed E-state index contributed by atoms with van der Waals surface area (Å²) in [5, 5.41) is 0. The molecule has 4 rings (SSSR count). The fourth-order valence-corrected chi connectivity index (χ4v) is 4.78. The largest absolute Gasteiger partial charge is 0.486 e. The molecule has 0 aromatic heterocycles. The number of carbonyl (C=O) groups excluding carboxylic acids is 1. The molecule has 142 valence electrons. The lowest BCUT2D eigenvalue weighted by Gasteiger charge is -2.29. The lowest BCUT2D eigenvalue weighted by Crippen LogP contribution is -2.30. The van der Waals surface area contributed by atoms with Gasteiger partial charge in [-0.3, -0.25) is 14.6 Å². The average molecular weight is 366 g/mol. The quantitative estimate of drug-likeness (QED) is 0.386. The number of carbonyl (C=O) groups is 1. The number of aldehydes is 1. The molecule has 0 radical (unpaired) electrons. The van der Waals surface area contributed by atoms with Crippen LogP contribution in [0.1, 0.15) is 50.4 Å². The first-order valence-electron chi connectivity index (χ1n) is 9.64. The van der Waals surface area contributed by atoms with Crippen molar-refractivity contribution in [3.63, 3.8) is 0 Å². The summed E-state index contributed by atoms with van der Waals surface area (Å²) >= 11 is 0. The molecule has 2 fully saturated rings. The minimum Gasteiger partial charge on any atom is -0.486 e. The van der Waals surface area contributed by atoms with Crippen molar-refractivity contribution in [2.75, 3.05) is 0 Å². The van der Waals surface area contributed by atoms with E-state index in [1.807, 2.05) is 24.3 Å². The van der Waals surface area contributed by atoms with Gasteiger partial charge in [-0.25, -0.2) is 0 Å². The molecule has 2 aliphatic carbocycles. The van der Waals surface area contributed by atoms with Crippen LogP contribution in [-0.4, -0.2) is 11.9 Å². The summed E-state index contributed by atoms with van der Waals surface area (Å²) in [6.07, 6.45) is 4.31. The van der Waals surface area contributed by atoms with Crippen LogP contribution in [0.25, 0.3) is 0 Å². The lowest BCUT2D eigenvalue weighted by atomic mass is 9.88. The number of hydrogen-bond donors (Lipinski definition) is 0. The van der Waals surface area contributed by atoms with Crippen LogP contribution in [0.2, 0.25) is 0 Å². The van der Waals surface area contributed by atoms with E-state index in [9.17, 15) is 4.79 Å². The molecule has 4 nitrogen and oxygen atoms in total. The second kappa shape index (κ2) is 6.59. The summed E-state index contributed by atoms with van der Waals surface area (Å²) in [5.41, 5.74) is 0.469. The number of fused-ring (bicyclic) bond motifs is 1. The van der Waals surface area contributed by atoms with Gasteiger partial charge in [0.15, 0.2) is 17.8 Å². The van der Waals surface area contributed by atoms with Crippen molar-refractivity contribution in [1.82, 2.24) is 0 Å². The highest BCUT2D eigenvalue weighted by atomic mass is 17.2. The number of hydrogen-bond acceptors (Lipinski definition) is 4. The van der Waals surface area contributed by atoms with Crippen molar-refractivity contribution in [1.29, 1.82) is 0 Å². The Morgan fingerprint density at radius 1 is 1.00 bits per heavy atom. The molecule has 4 heteroatoms. The molecule has 2 aliphatic rings. The maximum atomic E-state index is 11.6. The molecule has 0 N–H and O–H groups in total. The Morgan fingerprint density at radius 3 is 2.52 bits per heavy atom. The van der Waals surface area contributed by atoms with Crippen LogP contribution in [0.15, 0.2) is 48.5 Å². The van der Waals surface area contributed by atoms with E-state index in [1.165, 1.54) is 12.8 Å². The van der Waals surface area contributed by atoms with Crippen molar-refractivity contribution in [3.05, 3.63) is 54.1 Å². The molecule has 2 aromatic rings. The number of rotatable bonds is 6. The van der Waals surface area contributed by atoms with Gasteiger partial charge in [0.05, 0.1) is 5.56 Å². The van der Waals surface area contributed by atoms with Gasteiger partial charge in [-0.15, -0.1) is 0 Å². The van der Waals surface area contributed by atoms with Gasteiger partial charge in [0.2, 0.25) is 0 Å². The van der Waals surface area contributed by atoms with Gasteiger partial charge in [0.25, 0.3) is 0 Å². The molecule has 3 atom stereocenters. The van der Waals surface area contributed by atoms with E-state index in [1.54, 1.807) is 24.3 Å². The van der Waals surface area contributed by atoms with Gasteiger partial charge in [0.1, 0.15) is 11.4 Å². The highest BCUT2D eigenvalue weighted by Crippen LogP contribution is 2.70. The Hall–Kier alpha value is -2.49. The fourth-order valence-electron chi connectivity index (χ4n) is 4.78. The molecule has 0 spiro atoms. The standard InChI is InChI=1S/C23H26O4/c1-16-9-12-21-22(2,3)23(21,14-16)25-19-10-11-20(17(13-19)15-24)27-26-18-7-5-4-6-8-18/h4-8,10-11,13,15-16,21H,9,12,14H2,1-3H3. The molecule has 2 aromatic carbocycles. The first kappa shape index (κ1) is 17.9. The van der Waals surface area contributed by atoms with E-state index in [0.717, 1.165) is 12.7 Å². The third kappa shape index (κ3) is 3.07. The predicted molar refractivity (Wildman–Crippen MR) is 103 cm³/mol. The summed E-state index contributed by atoms with van der Waals surface area (Å²) in [7, 11) is 0. The first-order chi connectivity index (χ1) is 13.0. The molecule has 27 heavy (non-hydrogen) atoms. The second-order valence-corrected chi connectivity index (χ2v) is 8.45. The van der Waals surface area contributed by atoms with Crippen LogP contribution in [-0.2, 0) is 0 Å². The van der Waals surface area contributed by atoms with E-state index in [-0.39, 0.29) is 11.0 Å². The van der Waals surface area contributed by atoms with Gasteiger partial charge in [-0.05, 0) is 49.1 Å². The van der Waals surface area contributed by atoms with Crippen LogP contribution < -0.4 is 14.5 Å². The smallest absolute Gasteiger partial charge is 0.189 e. The van der Waals surface area contributed by atoms with Crippen molar-refractivity contribution in [2.45, 2.75) is 45.6 Å². The maximum Gasteiger partial charge on any atom is 0.189 e. The summed E-state index contributed by atoms with van der Waals surface area (Å²) in [6.45, 7) is 6.88. The molecular formula is C23H26O4. The van der Waals surface area contributed by atoms with Gasteiger partial charge in [0, 0.05) is 11.3 Å². The predicted octanol–water partition coefficient (Wildman–Crippen LogP) is 5.47. The monoisotopic (exact) mass is 366 g/mol. The molecule has 0 heterocycles. The highest BCUT2D eigenvalue weighted by Gasteiger charge is 2.74. The van der Waals surface area contributed by atoms with E-state index in [0.29, 0.717) is 34.6 Å². The summed E-state index contributed by atoms with van der Waals surface area (Å²) in [6, 6.07) is 14.5. The average Bonchev–Trinajstić information content (AvgIpc) is 3.14. The third-order valence-electron chi connectivity index (χ3n) is 6.42. The molecule has 3 unspecified atom stereocenters. The molecule has 0 saturated heterocycles. The lowest BCUT2D eigenvalue weighted by molar-refractivity contribution is -0.100. The first-order valence-corrected chi connectivity index (χ1v) is 9.64. The Morgan fingerprint density at radius 2 is 1.78 bits per heavy atom. The number of benzene rings is 2. The van der Waals surface area contributed by atoms with E-state index >= 15 is 0 Å². The van der Waals surface area contributed by atoms with Crippen LogP contribution in [0.5, 0.6) is 17.2 Å². The van der Waals surface area contributed by atoms with Crippen molar-refractivity contribution >= 4 is 6.29 Å². The second-order valence-electron chi connectivity index (χ2n) is 8.45. The van der Waals surface area contributed by atoms with Gasteiger partial charge >= 0.3 is 0 Å². The SMILES string of the molecule is CC1CCC2C(C)(C)C2(Oc2ccc(OOc3ccccc3)c(C=O)c2)C1. The zero-order chi connectivity index (χ0) is 19.1. The summed E-state index contributed by atoms with van der Waals surface area (Å²) < 4.78 is 6.51. The Balaban J connectivity index is 1.51. The van der Waals surface area contributed by atoms with Crippen LogP contribution in [0.3, 0.4) is 0 Å². The fraction of sp³-hybridized carbons (Fsp3) is 0.435. The van der Waals surface area contributed by atoms with Crippen molar-refractivity contribution in [2.24, 2.45) is 17.3 Å². The Bertz CT molecular complexity index is 830. The molecule has 0 bridgehead atoms. The molecule has 2 saturated carbocycles. The third-order valence-corrected chi connectivity index (χ3v) is 6.42. The zero-order valence-electron chi connectivity index (χ0n) is 16.1. The number of para-hydroxylation sites is 1. The minimum atomic E-state index is -0.117. The van der Waals surface area contributed by atoms with E-state index < -0.39 is 0 Å². The summed E-state index contributed by atoms with van der Waals surface area (Å²) in [5.74, 6) is 2.91. The van der Waals surface area contributed by atoms with Crippen LogP contribution >= 0.6 is 0 Å². The van der Waals surface area contributed by atoms with Crippen molar-refractivity contribution in [3.8, 4) is 17.2 Å². The molecule has 0 amide bonds. The zero-order valence-corrected chi connectivity index (χ0v) is 16.1. The van der Waals surface area contributed by atoms with Crippen molar-refractivity contribution < 1.29 is 19.3 Å². The maximum absolute atomic E-state index is 11.6. The summed E-state index contributed by atoms with van der Waals surface area (Å²) in [4.78, 5) is 22.2. The van der Waals surface area contributed by atoms with Gasteiger partial charge in [-0.1, -0.05) is 45.4 Å². The van der Waals surface area contributed by atoms with Gasteiger partial charge < -0.3 is 4.74 Å². The minimum absolute atomic E-state index is 0.117. The molecular weight excluding hydrogens is 340 g/mol. The Kier molecular flexibility index (Phi) is 4.37.